The van der Waals surface area contributed by atoms with E-state index in [0.717, 1.165) is 70.0 Å². The molecule has 1 aliphatic heterocycles. The topological polar surface area (TPSA) is 35.0 Å². The molecule has 238 valence electrons. The van der Waals surface area contributed by atoms with Gasteiger partial charge in [-0.1, -0.05) is 152 Å². The predicted octanol–water partition coefficient (Wildman–Crippen LogP) is 11.4. The Kier molecular flexibility index (Phi) is 6.67. The Morgan fingerprint density at radius 3 is 2.00 bits per heavy atom. The highest BCUT2D eigenvalue weighted by Crippen LogP contribution is 2.64. The molecule has 3 aliphatic carbocycles. The summed E-state index contributed by atoms with van der Waals surface area (Å²) in [6.07, 6.45) is 14.4. The largest absolute Gasteiger partial charge is 0.460 e. The molecule has 5 aromatic carbocycles. The van der Waals surface area contributed by atoms with Gasteiger partial charge in [0.25, 0.3) is 0 Å². The van der Waals surface area contributed by atoms with Gasteiger partial charge < -0.3 is 4.74 Å². The van der Waals surface area contributed by atoms with Gasteiger partial charge in [-0.15, -0.1) is 0 Å². The van der Waals surface area contributed by atoms with Crippen LogP contribution in [0.1, 0.15) is 36.0 Å². The van der Waals surface area contributed by atoms with Gasteiger partial charge in [-0.05, 0) is 59.2 Å². The maximum absolute atomic E-state index is 7.11. The van der Waals surface area contributed by atoms with Crippen LogP contribution in [0.4, 0.5) is 0 Å². The molecule has 2 unspecified atom stereocenters. The van der Waals surface area contributed by atoms with Crippen molar-refractivity contribution in [2.75, 3.05) is 0 Å². The first-order chi connectivity index (χ1) is 24.8. The molecule has 0 saturated carbocycles. The van der Waals surface area contributed by atoms with E-state index in [-0.39, 0.29) is 11.3 Å². The van der Waals surface area contributed by atoms with Crippen molar-refractivity contribution in [3.8, 4) is 50.8 Å². The molecule has 0 N–H and O–H groups in total. The number of fused-ring (bicyclic) bond motifs is 8. The van der Waals surface area contributed by atoms with Crippen molar-refractivity contribution in [3.63, 3.8) is 0 Å². The molecule has 4 aliphatic rings. The number of benzene rings is 5. The summed E-state index contributed by atoms with van der Waals surface area (Å²) in [7, 11) is 0. The van der Waals surface area contributed by atoms with Crippen molar-refractivity contribution in [3.05, 3.63) is 192 Å². The molecule has 10 rings (SSSR count). The van der Waals surface area contributed by atoms with Gasteiger partial charge in [0.1, 0.15) is 11.5 Å². The van der Waals surface area contributed by atoms with Crippen molar-refractivity contribution in [2.24, 2.45) is 5.92 Å². The fourth-order valence-corrected chi connectivity index (χ4v) is 8.83. The van der Waals surface area contributed by atoms with Crippen molar-refractivity contribution >= 4 is 5.57 Å². The molecule has 6 aromatic rings. The minimum absolute atomic E-state index is 0.185. The lowest BCUT2D eigenvalue weighted by molar-refractivity contribution is 0.248. The van der Waals surface area contributed by atoms with Crippen LogP contribution in [0.25, 0.3) is 50.6 Å². The lowest BCUT2D eigenvalue weighted by atomic mass is 9.58. The molecular weight excluding hydrogens is 609 g/mol. The van der Waals surface area contributed by atoms with Crippen LogP contribution in [-0.4, -0.2) is 9.97 Å². The monoisotopic (exact) mass is 642 g/mol. The van der Waals surface area contributed by atoms with E-state index < -0.39 is 0 Å². The lowest BCUT2D eigenvalue weighted by Crippen LogP contribution is -2.43. The van der Waals surface area contributed by atoms with E-state index in [1.807, 2.05) is 12.1 Å². The summed E-state index contributed by atoms with van der Waals surface area (Å²) in [5, 5.41) is 0. The van der Waals surface area contributed by atoms with E-state index in [2.05, 4.69) is 152 Å². The van der Waals surface area contributed by atoms with Gasteiger partial charge in [-0.3, -0.25) is 0 Å². The minimum Gasteiger partial charge on any atom is -0.460 e. The number of allylic oxidation sites excluding steroid dienone is 8. The Morgan fingerprint density at radius 1 is 0.600 bits per heavy atom. The standard InChI is InChI=1S/C47H34N2O/c1-3-16-31(17-4-1)42-30-43(32-18-5-2-6-19-32)49-46(48-42)37-23-8-7-20-33(37)36-24-15-28-41-45(36)50-44-29-14-13-27-40(44)47(41)38-25-11-9-21-34(38)35-22-10-12-26-39(35)47/h1-11,13-25,28-30,40H,12,26-27H2. The van der Waals surface area contributed by atoms with Crippen LogP contribution >= 0.6 is 0 Å². The minimum atomic E-state index is -0.310. The summed E-state index contributed by atoms with van der Waals surface area (Å²) in [6, 6.07) is 47.2. The molecule has 0 amide bonds. The van der Waals surface area contributed by atoms with Gasteiger partial charge in [0.05, 0.1) is 16.8 Å². The zero-order chi connectivity index (χ0) is 33.1. The summed E-state index contributed by atoms with van der Waals surface area (Å²) in [5.74, 6) is 2.84. The van der Waals surface area contributed by atoms with Crippen molar-refractivity contribution in [2.45, 2.75) is 24.7 Å². The number of ether oxygens (including phenoxy) is 1. The van der Waals surface area contributed by atoms with E-state index in [1.54, 1.807) is 0 Å². The number of aromatic nitrogens is 2. The SMILES string of the molecule is C1=CCC2C(=C1)Oc1c(-c3ccccc3-c3nc(-c4ccccc4)cc(-c4ccccc4)n3)cccc1C21C2=C(C=CCC2)c2ccccc21. The highest BCUT2D eigenvalue weighted by Gasteiger charge is 2.56. The van der Waals surface area contributed by atoms with Gasteiger partial charge in [-0.25, -0.2) is 9.97 Å². The van der Waals surface area contributed by atoms with Crippen molar-refractivity contribution < 1.29 is 4.74 Å². The molecule has 2 atom stereocenters. The summed E-state index contributed by atoms with van der Waals surface area (Å²) in [5.41, 5.74) is 13.6. The van der Waals surface area contributed by atoms with E-state index in [0.29, 0.717) is 5.82 Å². The van der Waals surface area contributed by atoms with Crippen LogP contribution in [0.5, 0.6) is 5.75 Å². The Morgan fingerprint density at radius 2 is 1.24 bits per heavy atom. The quantitative estimate of drug-likeness (QED) is 0.192. The number of para-hydroxylation sites is 1. The van der Waals surface area contributed by atoms with Gasteiger partial charge in [0.15, 0.2) is 5.82 Å². The number of hydrogen-bond acceptors (Lipinski definition) is 3. The molecular formula is C47H34N2O. The molecule has 0 fully saturated rings. The van der Waals surface area contributed by atoms with Crippen molar-refractivity contribution in [1.29, 1.82) is 0 Å². The first-order valence-electron chi connectivity index (χ1n) is 17.6. The number of hydrogen-bond donors (Lipinski definition) is 0. The van der Waals surface area contributed by atoms with Crippen LogP contribution in [0.3, 0.4) is 0 Å². The molecule has 0 radical (unpaired) electrons. The zero-order valence-corrected chi connectivity index (χ0v) is 27.6. The average molecular weight is 643 g/mol. The Balaban J connectivity index is 1.22. The summed E-state index contributed by atoms with van der Waals surface area (Å²) in [6.45, 7) is 0. The smallest absolute Gasteiger partial charge is 0.161 e. The normalized spacial score (nSPS) is 19.7. The number of nitrogens with zero attached hydrogens (tertiary/aromatic N) is 2. The molecule has 3 nitrogen and oxygen atoms in total. The van der Waals surface area contributed by atoms with Gasteiger partial charge in [0.2, 0.25) is 0 Å². The predicted molar refractivity (Wildman–Crippen MR) is 202 cm³/mol. The zero-order valence-electron chi connectivity index (χ0n) is 27.6. The first-order valence-corrected chi connectivity index (χ1v) is 17.6. The van der Waals surface area contributed by atoms with Crippen molar-refractivity contribution in [1.82, 2.24) is 9.97 Å². The Hall–Kier alpha value is -6.06. The van der Waals surface area contributed by atoms with Gasteiger partial charge >= 0.3 is 0 Å². The van der Waals surface area contributed by atoms with Crippen LogP contribution in [0, 0.1) is 5.92 Å². The second kappa shape index (κ2) is 11.5. The van der Waals surface area contributed by atoms with Gasteiger partial charge in [0, 0.05) is 33.7 Å². The molecule has 2 heterocycles. The fraction of sp³-hybridized carbons (Fsp3) is 0.106. The molecule has 3 heteroatoms. The fourth-order valence-electron chi connectivity index (χ4n) is 8.83. The third kappa shape index (κ3) is 4.29. The highest BCUT2D eigenvalue weighted by atomic mass is 16.5. The molecule has 1 aromatic heterocycles. The van der Waals surface area contributed by atoms with Crippen LogP contribution < -0.4 is 4.74 Å². The van der Waals surface area contributed by atoms with Gasteiger partial charge in [-0.2, -0.15) is 0 Å². The highest BCUT2D eigenvalue weighted by molar-refractivity contribution is 5.92. The van der Waals surface area contributed by atoms with E-state index >= 15 is 0 Å². The van der Waals surface area contributed by atoms with Crippen LogP contribution in [0.2, 0.25) is 0 Å². The summed E-state index contributed by atoms with van der Waals surface area (Å²) < 4.78 is 7.11. The Labute approximate surface area is 292 Å². The maximum Gasteiger partial charge on any atom is 0.161 e. The Bertz CT molecular complexity index is 2380. The number of rotatable bonds is 4. The van der Waals surface area contributed by atoms with E-state index in [4.69, 9.17) is 14.7 Å². The second-order valence-electron chi connectivity index (χ2n) is 13.5. The third-order valence-electron chi connectivity index (χ3n) is 10.9. The third-order valence-corrected chi connectivity index (χ3v) is 10.9. The average Bonchev–Trinajstić information content (AvgIpc) is 3.49. The summed E-state index contributed by atoms with van der Waals surface area (Å²) in [4.78, 5) is 10.5. The van der Waals surface area contributed by atoms with Crippen LogP contribution in [-0.2, 0) is 5.41 Å². The maximum atomic E-state index is 7.11. The first kappa shape index (κ1) is 28.9. The van der Waals surface area contributed by atoms with E-state index in [9.17, 15) is 0 Å². The van der Waals surface area contributed by atoms with Crippen LogP contribution in [0.15, 0.2) is 175 Å². The molecule has 50 heavy (non-hydrogen) atoms. The molecule has 1 spiro atoms. The lowest BCUT2D eigenvalue weighted by Gasteiger charge is -2.47. The summed E-state index contributed by atoms with van der Waals surface area (Å²) >= 11 is 0. The molecule has 0 saturated heterocycles. The second-order valence-corrected chi connectivity index (χ2v) is 13.5. The van der Waals surface area contributed by atoms with E-state index in [1.165, 1.54) is 27.8 Å². The molecule has 0 bridgehead atoms.